The molecule has 5 nitrogen and oxygen atoms in total. The number of benzene rings is 1. The zero-order chi connectivity index (χ0) is 14.5. The number of carbonyl (C=O) groups is 2. The number of hydrogen-bond donors (Lipinski definition) is 3. The fourth-order valence-electron chi connectivity index (χ4n) is 1.68. The van der Waals surface area contributed by atoms with E-state index >= 15 is 0 Å². The molecule has 1 atom stereocenters. The van der Waals surface area contributed by atoms with Crippen molar-refractivity contribution < 1.29 is 9.59 Å². The highest BCUT2D eigenvalue weighted by molar-refractivity contribution is 5.98. The van der Waals surface area contributed by atoms with E-state index in [1.807, 2.05) is 12.1 Å². The van der Waals surface area contributed by atoms with Gasteiger partial charge in [0.1, 0.15) is 6.04 Å². The largest absolute Gasteiger partial charge is 0.374 e. The molecule has 3 N–H and O–H groups in total. The predicted octanol–water partition coefficient (Wildman–Crippen LogP) is 1.46. The van der Waals surface area contributed by atoms with Gasteiger partial charge in [-0.25, -0.2) is 4.79 Å². The molecule has 1 aliphatic carbocycles. The zero-order valence-corrected chi connectivity index (χ0v) is 11.3. The molecule has 1 aromatic rings. The Hall–Kier alpha value is -2.48. The van der Waals surface area contributed by atoms with Gasteiger partial charge in [0.15, 0.2) is 0 Å². The molecule has 0 spiro atoms. The highest BCUT2D eigenvalue weighted by atomic mass is 16.2. The number of carbonyl (C=O) groups excluding carboxylic acids is 2. The highest BCUT2D eigenvalue weighted by Gasteiger charge is 2.24. The number of anilines is 1. The van der Waals surface area contributed by atoms with Crippen molar-refractivity contribution in [1.29, 1.82) is 0 Å². The maximum atomic E-state index is 11.8. The molecule has 104 valence electrons. The monoisotopic (exact) mass is 271 g/mol. The standard InChI is InChI=1S/C15H17N3O2/c1-3-11-5-4-6-13(9-11)16-10(2)14(19)18-15(20)17-12-7-8-12/h1,4-6,9-10,12,16H,7-8H2,2H3,(H2,17,18,19,20)/t10-/m0/s1. The molecular weight excluding hydrogens is 254 g/mol. The van der Waals surface area contributed by atoms with E-state index in [1.165, 1.54) is 0 Å². The fraction of sp³-hybridized carbons (Fsp3) is 0.333. The van der Waals surface area contributed by atoms with E-state index in [1.54, 1.807) is 19.1 Å². The molecule has 1 fully saturated rings. The van der Waals surface area contributed by atoms with Crippen molar-refractivity contribution in [2.45, 2.75) is 31.8 Å². The lowest BCUT2D eigenvalue weighted by atomic mass is 10.2. The quantitative estimate of drug-likeness (QED) is 0.726. The van der Waals surface area contributed by atoms with Crippen molar-refractivity contribution in [2.24, 2.45) is 0 Å². The van der Waals surface area contributed by atoms with Gasteiger partial charge in [-0.3, -0.25) is 10.1 Å². The Morgan fingerprint density at radius 1 is 1.40 bits per heavy atom. The van der Waals surface area contributed by atoms with Crippen LogP contribution in [0.2, 0.25) is 0 Å². The number of imide groups is 1. The minimum absolute atomic E-state index is 0.221. The van der Waals surface area contributed by atoms with E-state index in [0.29, 0.717) is 0 Å². The van der Waals surface area contributed by atoms with Crippen LogP contribution in [0.4, 0.5) is 10.5 Å². The van der Waals surface area contributed by atoms with Gasteiger partial charge in [-0.2, -0.15) is 0 Å². The predicted molar refractivity (Wildman–Crippen MR) is 77.2 cm³/mol. The molecule has 0 radical (unpaired) electrons. The Bertz CT molecular complexity index is 558. The lowest BCUT2D eigenvalue weighted by Crippen LogP contribution is -2.46. The molecule has 20 heavy (non-hydrogen) atoms. The summed E-state index contributed by atoms with van der Waals surface area (Å²) in [6, 6.07) is 6.44. The van der Waals surface area contributed by atoms with Crippen molar-refractivity contribution in [3.8, 4) is 12.3 Å². The molecule has 5 heteroatoms. The number of rotatable bonds is 4. The van der Waals surface area contributed by atoms with Crippen LogP contribution >= 0.6 is 0 Å². The summed E-state index contributed by atoms with van der Waals surface area (Å²) >= 11 is 0. The second-order valence-electron chi connectivity index (χ2n) is 4.83. The number of nitrogens with one attached hydrogen (secondary N) is 3. The molecule has 3 amide bonds. The second-order valence-corrected chi connectivity index (χ2v) is 4.83. The van der Waals surface area contributed by atoms with Crippen molar-refractivity contribution in [3.05, 3.63) is 29.8 Å². The topological polar surface area (TPSA) is 70.2 Å². The Kier molecular flexibility index (Phi) is 4.26. The summed E-state index contributed by atoms with van der Waals surface area (Å²) in [6.45, 7) is 1.68. The smallest absolute Gasteiger partial charge is 0.321 e. The van der Waals surface area contributed by atoms with E-state index in [0.717, 1.165) is 24.1 Å². The van der Waals surface area contributed by atoms with Crippen LogP contribution in [0.15, 0.2) is 24.3 Å². The molecule has 1 aromatic carbocycles. The van der Waals surface area contributed by atoms with E-state index in [4.69, 9.17) is 6.42 Å². The van der Waals surface area contributed by atoms with Gasteiger partial charge in [0.2, 0.25) is 5.91 Å². The van der Waals surface area contributed by atoms with Gasteiger partial charge in [0.25, 0.3) is 0 Å². The first-order valence-corrected chi connectivity index (χ1v) is 6.53. The van der Waals surface area contributed by atoms with Crippen LogP contribution in [0.3, 0.4) is 0 Å². The lowest BCUT2D eigenvalue weighted by molar-refractivity contribution is -0.120. The normalized spacial score (nSPS) is 14.8. The van der Waals surface area contributed by atoms with Crippen LogP contribution in [0.1, 0.15) is 25.3 Å². The maximum Gasteiger partial charge on any atom is 0.321 e. The summed E-state index contributed by atoms with van der Waals surface area (Å²) in [5.41, 5.74) is 1.47. The molecule has 0 heterocycles. The molecule has 0 bridgehead atoms. The minimum Gasteiger partial charge on any atom is -0.374 e. The van der Waals surface area contributed by atoms with E-state index in [2.05, 4.69) is 21.9 Å². The zero-order valence-electron chi connectivity index (χ0n) is 11.3. The fourth-order valence-corrected chi connectivity index (χ4v) is 1.68. The van der Waals surface area contributed by atoms with Crippen LogP contribution in [0, 0.1) is 12.3 Å². The molecule has 1 aliphatic rings. The molecule has 0 saturated heterocycles. The molecule has 2 rings (SSSR count). The van der Waals surface area contributed by atoms with Crippen LogP contribution in [0.25, 0.3) is 0 Å². The van der Waals surface area contributed by atoms with Gasteiger partial charge in [-0.1, -0.05) is 12.0 Å². The Balaban J connectivity index is 1.86. The number of amides is 3. The summed E-state index contributed by atoms with van der Waals surface area (Å²) < 4.78 is 0. The average molecular weight is 271 g/mol. The van der Waals surface area contributed by atoms with Crippen molar-refractivity contribution >= 4 is 17.6 Å². The maximum absolute atomic E-state index is 11.8. The highest BCUT2D eigenvalue weighted by Crippen LogP contribution is 2.18. The van der Waals surface area contributed by atoms with Crippen molar-refractivity contribution in [2.75, 3.05) is 5.32 Å². The molecule has 0 aliphatic heterocycles. The van der Waals surface area contributed by atoms with Gasteiger partial charge < -0.3 is 10.6 Å². The third kappa shape index (κ3) is 4.02. The molecular formula is C15H17N3O2. The first-order chi connectivity index (χ1) is 9.58. The number of hydrogen-bond acceptors (Lipinski definition) is 3. The van der Waals surface area contributed by atoms with Gasteiger partial charge in [-0.05, 0) is 38.0 Å². The number of urea groups is 1. The van der Waals surface area contributed by atoms with Crippen molar-refractivity contribution in [3.63, 3.8) is 0 Å². The first kappa shape index (κ1) is 13.9. The Labute approximate surface area is 118 Å². The van der Waals surface area contributed by atoms with Crippen LogP contribution in [-0.4, -0.2) is 24.0 Å². The Morgan fingerprint density at radius 3 is 2.80 bits per heavy atom. The van der Waals surface area contributed by atoms with E-state index in [9.17, 15) is 9.59 Å². The van der Waals surface area contributed by atoms with Crippen LogP contribution in [-0.2, 0) is 4.79 Å². The molecule has 0 unspecified atom stereocenters. The van der Waals surface area contributed by atoms with Gasteiger partial charge in [-0.15, -0.1) is 6.42 Å². The van der Waals surface area contributed by atoms with E-state index < -0.39 is 12.1 Å². The summed E-state index contributed by atoms with van der Waals surface area (Å²) in [6.07, 6.45) is 7.28. The third-order valence-electron chi connectivity index (χ3n) is 2.95. The lowest BCUT2D eigenvalue weighted by Gasteiger charge is -2.15. The van der Waals surface area contributed by atoms with Crippen molar-refractivity contribution in [1.82, 2.24) is 10.6 Å². The summed E-state index contributed by atoms with van der Waals surface area (Å²) in [7, 11) is 0. The minimum atomic E-state index is -0.534. The summed E-state index contributed by atoms with van der Waals surface area (Å²) in [5.74, 6) is 2.15. The second kappa shape index (κ2) is 6.11. The van der Waals surface area contributed by atoms with Crippen LogP contribution in [0.5, 0.6) is 0 Å². The third-order valence-corrected chi connectivity index (χ3v) is 2.95. The first-order valence-electron chi connectivity index (χ1n) is 6.53. The SMILES string of the molecule is C#Cc1cccc(N[C@@H](C)C(=O)NC(=O)NC2CC2)c1. The summed E-state index contributed by atoms with van der Waals surface area (Å²) in [4.78, 5) is 23.3. The Morgan fingerprint density at radius 2 is 2.15 bits per heavy atom. The average Bonchev–Trinajstić information content (AvgIpc) is 3.22. The van der Waals surface area contributed by atoms with Gasteiger partial charge in [0.05, 0.1) is 0 Å². The van der Waals surface area contributed by atoms with Gasteiger partial charge >= 0.3 is 6.03 Å². The molecule has 0 aromatic heterocycles. The molecule has 1 saturated carbocycles. The van der Waals surface area contributed by atoms with Crippen LogP contribution < -0.4 is 16.0 Å². The summed E-state index contributed by atoms with van der Waals surface area (Å²) in [5, 5.41) is 8.01. The van der Waals surface area contributed by atoms with E-state index in [-0.39, 0.29) is 11.9 Å². The number of terminal acetylenes is 1. The van der Waals surface area contributed by atoms with Gasteiger partial charge in [0, 0.05) is 17.3 Å².